The summed E-state index contributed by atoms with van der Waals surface area (Å²) in [7, 11) is 0. The summed E-state index contributed by atoms with van der Waals surface area (Å²) in [6.45, 7) is 5.70. The molecule has 1 saturated carbocycles. The Hall–Kier alpha value is -0.480. The second-order valence-corrected chi connectivity index (χ2v) is 5.45. The molecule has 0 aliphatic heterocycles. The van der Waals surface area contributed by atoms with Crippen LogP contribution in [0, 0.1) is 0 Å². The fourth-order valence-electron chi connectivity index (χ4n) is 2.35. The molecule has 106 valence electrons. The third kappa shape index (κ3) is 3.76. The van der Waals surface area contributed by atoms with Gasteiger partial charge in [-0.1, -0.05) is 30.1 Å². The van der Waals surface area contributed by atoms with Crippen molar-refractivity contribution >= 4 is 23.2 Å². The molecule has 0 amide bonds. The van der Waals surface area contributed by atoms with Crippen molar-refractivity contribution in [2.24, 2.45) is 0 Å². The van der Waals surface area contributed by atoms with Gasteiger partial charge in [0.1, 0.15) is 18.0 Å². The molecule has 3 atom stereocenters. The minimum absolute atomic E-state index is 0.0542. The van der Waals surface area contributed by atoms with Crippen molar-refractivity contribution < 1.29 is 9.47 Å². The van der Waals surface area contributed by atoms with E-state index in [1.54, 1.807) is 18.2 Å². The summed E-state index contributed by atoms with van der Waals surface area (Å²) in [5.41, 5.74) is 0. The van der Waals surface area contributed by atoms with Crippen LogP contribution in [-0.2, 0) is 4.74 Å². The van der Waals surface area contributed by atoms with Crippen LogP contribution in [0.2, 0.25) is 10.0 Å². The van der Waals surface area contributed by atoms with Crippen LogP contribution >= 0.6 is 23.2 Å². The maximum absolute atomic E-state index is 5.96. The van der Waals surface area contributed by atoms with Crippen LogP contribution in [0.5, 0.6) is 5.75 Å². The highest BCUT2D eigenvalue weighted by Gasteiger charge is 2.43. The van der Waals surface area contributed by atoms with E-state index < -0.39 is 0 Å². The van der Waals surface area contributed by atoms with E-state index in [2.05, 4.69) is 12.2 Å². The maximum Gasteiger partial charge on any atom is 0.128 e. The van der Waals surface area contributed by atoms with E-state index in [0.717, 1.165) is 13.0 Å². The average Bonchev–Trinajstić information content (AvgIpc) is 2.33. The molecule has 1 N–H and O–H groups in total. The lowest BCUT2D eigenvalue weighted by molar-refractivity contribution is -0.104. The molecule has 2 rings (SSSR count). The number of halogens is 2. The fraction of sp³-hybridized carbons (Fsp3) is 0.571. The summed E-state index contributed by atoms with van der Waals surface area (Å²) in [6.07, 6.45) is 1.07. The number of ether oxygens (including phenoxy) is 2. The molecule has 1 aliphatic rings. The predicted molar refractivity (Wildman–Crippen MR) is 78.4 cm³/mol. The molecule has 5 heteroatoms. The lowest BCUT2D eigenvalue weighted by Crippen LogP contribution is -2.61. The Balaban J connectivity index is 1.98. The van der Waals surface area contributed by atoms with Gasteiger partial charge in [-0.25, -0.2) is 0 Å². The van der Waals surface area contributed by atoms with Crippen LogP contribution in [0.25, 0.3) is 0 Å². The van der Waals surface area contributed by atoms with Crippen LogP contribution in [0.3, 0.4) is 0 Å². The van der Waals surface area contributed by atoms with Gasteiger partial charge in [-0.2, -0.15) is 0 Å². The summed E-state index contributed by atoms with van der Waals surface area (Å²) >= 11 is 11.9. The highest BCUT2D eigenvalue weighted by atomic mass is 35.5. The number of benzene rings is 1. The summed E-state index contributed by atoms with van der Waals surface area (Å²) < 4.78 is 11.7. The van der Waals surface area contributed by atoms with Gasteiger partial charge in [0.25, 0.3) is 0 Å². The molecule has 0 spiro atoms. The first-order chi connectivity index (χ1) is 9.13. The standard InChI is InChI=1S/C14H19Cl2NO2/c1-3-17-12-8-13(14(12)18-4-2)19-11-6-9(15)5-10(16)7-11/h5-7,12-14,17H,3-4,8H2,1-2H3. The van der Waals surface area contributed by atoms with Gasteiger partial charge >= 0.3 is 0 Å². The second kappa shape index (κ2) is 6.80. The normalized spacial score (nSPS) is 26.0. The lowest BCUT2D eigenvalue weighted by Gasteiger charge is -2.44. The highest BCUT2D eigenvalue weighted by Crippen LogP contribution is 2.31. The Labute approximate surface area is 124 Å². The molecule has 3 unspecified atom stereocenters. The van der Waals surface area contributed by atoms with Crippen LogP contribution in [0.15, 0.2) is 18.2 Å². The van der Waals surface area contributed by atoms with Gasteiger partial charge in [0.05, 0.1) is 0 Å². The lowest BCUT2D eigenvalue weighted by atomic mass is 9.85. The summed E-state index contributed by atoms with van der Waals surface area (Å²) in [4.78, 5) is 0. The smallest absolute Gasteiger partial charge is 0.128 e. The van der Waals surface area contributed by atoms with Gasteiger partial charge in [-0.3, -0.25) is 0 Å². The van der Waals surface area contributed by atoms with Crippen molar-refractivity contribution in [1.82, 2.24) is 5.32 Å². The largest absolute Gasteiger partial charge is 0.487 e. The molecule has 19 heavy (non-hydrogen) atoms. The molecule has 0 radical (unpaired) electrons. The van der Waals surface area contributed by atoms with Crippen molar-refractivity contribution in [2.75, 3.05) is 13.2 Å². The number of hydrogen-bond acceptors (Lipinski definition) is 3. The second-order valence-electron chi connectivity index (χ2n) is 4.58. The van der Waals surface area contributed by atoms with Crippen molar-refractivity contribution in [2.45, 2.75) is 38.5 Å². The van der Waals surface area contributed by atoms with Gasteiger partial charge in [0.2, 0.25) is 0 Å². The molecule has 0 heterocycles. The van der Waals surface area contributed by atoms with Crippen LogP contribution in [0.1, 0.15) is 20.3 Å². The Morgan fingerprint density at radius 3 is 2.47 bits per heavy atom. The summed E-state index contributed by atoms with van der Waals surface area (Å²) in [6, 6.07) is 5.61. The van der Waals surface area contributed by atoms with Crippen molar-refractivity contribution in [3.8, 4) is 5.75 Å². The Morgan fingerprint density at radius 1 is 1.21 bits per heavy atom. The van der Waals surface area contributed by atoms with E-state index in [1.165, 1.54) is 0 Å². The molecule has 1 aromatic carbocycles. The van der Waals surface area contributed by atoms with Gasteiger partial charge in [0, 0.05) is 29.1 Å². The van der Waals surface area contributed by atoms with Gasteiger partial charge < -0.3 is 14.8 Å². The molecule has 1 aliphatic carbocycles. The molecular weight excluding hydrogens is 285 g/mol. The zero-order valence-corrected chi connectivity index (χ0v) is 12.7. The first-order valence-electron chi connectivity index (χ1n) is 6.61. The van der Waals surface area contributed by atoms with Gasteiger partial charge in [-0.05, 0) is 31.7 Å². The zero-order chi connectivity index (χ0) is 13.8. The van der Waals surface area contributed by atoms with E-state index in [0.29, 0.717) is 28.4 Å². The average molecular weight is 304 g/mol. The van der Waals surface area contributed by atoms with E-state index in [1.807, 2.05) is 6.92 Å². The molecule has 1 aromatic rings. The van der Waals surface area contributed by atoms with E-state index in [-0.39, 0.29) is 12.2 Å². The monoisotopic (exact) mass is 303 g/mol. The third-order valence-corrected chi connectivity index (χ3v) is 3.63. The Kier molecular flexibility index (Phi) is 5.34. The molecule has 1 fully saturated rings. The first kappa shape index (κ1) is 14.9. The molecular formula is C14H19Cl2NO2. The van der Waals surface area contributed by atoms with Crippen molar-refractivity contribution in [1.29, 1.82) is 0 Å². The van der Waals surface area contributed by atoms with E-state index >= 15 is 0 Å². The van der Waals surface area contributed by atoms with E-state index in [4.69, 9.17) is 32.7 Å². The van der Waals surface area contributed by atoms with Gasteiger partial charge in [0.15, 0.2) is 0 Å². The SMILES string of the molecule is CCNC1CC(Oc2cc(Cl)cc(Cl)c2)C1OCC. The molecule has 0 bridgehead atoms. The summed E-state index contributed by atoms with van der Waals surface area (Å²) in [5, 5.41) is 4.56. The fourth-order valence-corrected chi connectivity index (χ4v) is 2.85. The number of hydrogen-bond donors (Lipinski definition) is 1. The first-order valence-corrected chi connectivity index (χ1v) is 7.37. The highest BCUT2D eigenvalue weighted by molar-refractivity contribution is 6.34. The van der Waals surface area contributed by atoms with Crippen LogP contribution < -0.4 is 10.1 Å². The summed E-state index contributed by atoms with van der Waals surface area (Å²) in [5.74, 6) is 0.696. The number of nitrogens with one attached hydrogen (secondary N) is 1. The van der Waals surface area contributed by atoms with Crippen LogP contribution in [0.4, 0.5) is 0 Å². The quantitative estimate of drug-likeness (QED) is 0.872. The van der Waals surface area contributed by atoms with Crippen molar-refractivity contribution in [3.05, 3.63) is 28.2 Å². The molecule has 3 nitrogen and oxygen atoms in total. The molecule has 0 saturated heterocycles. The third-order valence-electron chi connectivity index (χ3n) is 3.20. The predicted octanol–water partition coefficient (Wildman–Crippen LogP) is 3.53. The number of likely N-dealkylation sites (N-methyl/N-ethyl adjacent to an activating group) is 1. The minimum Gasteiger partial charge on any atom is -0.487 e. The van der Waals surface area contributed by atoms with Crippen molar-refractivity contribution in [3.63, 3.8) is 0 Å². The van der Waals surface area contributed by atoms with Gasteiger partial charge in [-0.15, -0.1) is 0 Å². The number of rotatable bonds is 6. The van der Waals surface area contributed by atoms with E-state index in [9.17, 15) is 0 Å². The molecule has 0 aromatic heterocycles. The maximum atomic E-state index is 5.96. The Bertz CT molecular complexity index is 408. The topological polar surface area (TPSA) is 30.5 Å². The minimum atomic E-state index is 0.0542. The zero-order valence-electron chi connectivity index (χ0n) is 11.2. The Morgan fingerprint density at radius 2 is 1.89 bits per heavy atom. The van der Waals surface area contributed by atoms with Crippen LogP contribution in [-0.4, -0.2) is 31.4 Å².